The minimum Gasteiger partial charge on any atom is -0.490 e. The third kappa shape index (κ3) is 5.30. The summed E-state index contributed by atoms with van der Waals surface area (Å²) in [5.41, 5.74) is 2.14. The molecule has 2 aromatic rings. The molecule has 1 fully saturated rings. The number of Topliss-reactive ketones (excluding diaryl/α,β-unsaturated/α-hetero) is 1. The predicted octanol–water partition coefficient (Wildman–Crippen LogP) is 3.02. The Morgan fingerprint density at radius 3 is 2.56 bits per heavy atom. The van der Waals surface area contributed by atoms with Gasteiger partial charge in [0.1, 0.15) is 18.0 Å². The molecule has 144 valence electrons. The first-order chi connectivity index (χ1) is 13.1. The summed E-state index contributed by atoms with van der Waals surface area (Å²) in [6.45, 7) is 0.869. The van der Waals surface area contributed by atoms with Gasteiger partial charge < -0.3 is 19.7 Å². The number of aliphatic hydroxyl groups excluding tert-OH is 2. The van der Waals surface area contributed by atoms with E-state index in [0.29, 0.717) is 17.0 Å². The smallest absolute Gasteiger partial charge is 0.193 e. The van der Waals surface area contributed by atoms with E-state index in [0.717, 1.165) is 42.9 Å². The van der Waals surface area contributed by atoms with Gasteiger partial charge >= 0.3 is 0 Å². The van der Waals surface area contributed by atoms with Gasteiger partial charge in [-0.15, -0.1) is 0 Å². The van der Waals surface area contributed by atoms with Crippen LogP contribution in [-0.2, 0) is 11.2 Å². The van der Waals surface area contributed by atoms with Crippen LogP contribution in [0.4, 0.5) is 0 Å². The zero-order chi connectivity index (χ0) is 19.2. The number of benzene rings is 2. The Bertz CT molecular complexity index is 769. The summed E-state index contributed by atoms with van der Waals surface area (Å²) >= 11 is 6.26. The van der Waals surface area contributed by atoms with Crippen molar-refractivity contribution in [3.8, 4) is 5.75 Å². The summed E-state index contributed by atoms with van der Waals surface area (Å²) in [5, 5.41) is 19.0. The summed E-state index contributed by atoms with van der Waals surface area (Å²) in [6, 6.07) is 12.7. The highest BCUT2D eigenvalue weighted by Gasteiger charge is 2.18. The molecular weight excluding hydrogens is 368 g/mol. The van der Waals surface area contributed by atoms with Gasteiger partial charge in [-0.25, -0.2) is 0 Å². The van der Waals surface area contributed by atoms with Crippen LogP contribution in [0.5, 0.6) is 5.75 Å². The highest BCUT2D eigenvalue weighted by atomic mass is 35.5. The Morgan fingerprint density at radius 2 is 1.89 bits per heavy atom. The van der Waals surface area contributed by atoms with Gasteiger partial charge in [-0.3, -0.25) is 4.79 Å². The van der Waals surface area contributed by atoms with Gasteiger partial charge in [-0.05, 0) is 47.9 Å². The van der Waals surface area contributed by atoms with Crippen molar-refractivity contribution in [2.45, 2.75) is 31.5 Å². The van der Waals surface area contributed by atoms with Gasteiger partial charge in [0.15, 0.2) is 5.78 Å². The summed E-state index contributed by atoms with van der Waals surface area (Å²) < 4.78 is 11.3. The van der Waals surface area contributed by atoms with Crippen molar-refractivity contribution in [1.82, 2.24) is 0 Å². The maximum Gasteiger partial charge on any atom is 0.193 e. The van der Waals surface area contributed by atoms with Gasteiger partial charge in [-0.2, -0.15) is 0 Å². The van der Waals surface area contributed by atoms with Crippen molar-refractivity contribution in [1.29, 1.82) is 0 Å². The zero-order valence-corrected chi connectivity index (χ0v) is 15.7. The van der Waals surface area contributed by atoms with Crippen molar-refractivity contribution in [3.05, 3.63) is 64.2 Å². The second-order valence-corrected chi connectivity index (χ2v) is 7.03. The minimum atomic E-state index is -1.42. The van der Waals surface area contributed by atoms with E-state index in [1.54, 1.807) is 18.2 Å². The van der Waals surface area contributed by atoms with Crippen LogP contribution in [0.1, 0.15) is 34.3 Å². The molecule has 2 aromatic carbocycles. The van der Waals surface area contributed by atoms with Gasteiger partial charge in [0.25, 0.3) is 0 Å². The first kappa shape index (κ1) is 19.8. The average molecular weight is 391 g/mol. The molecule has 0 unspecified atom stereocenters. The number of carbonyl (C=O) groups is 1. The van der Waals surface area contributed by atoms with E-state index in [9.17, 15) is 9.90 Å². The lowest BCUT2D eigenvalue weighted by atomic mass is 9.99. The molecule has 0 aliphatic carbocycles. The van der Waals surface area contributed by atoms with Crippen molar-refractivity contribution in [2.75, 3.05) is 19.8 Å². The fourth-order valence-corrected chi connectivity index (χ4v) is 3.22. The number of halogens is 1. The SMILES string of the molecule is O=C(c1ccc(Cl)c(Cc2ccc(OC3CCOCC3)cc2)c1)[C@H](O)CO. The largest absolute Gasteiger partial charge is 0.490 e. The average Bonchev–Trinajstić information content (AvgIpc) is 2.70. The first-order valence-electron chi connectivity index (χ1n) is 9.01. The zero-order valence-electron chi connectivity index (χ0n) is 14.9. The van der Waals surface area contributed by atoms with Gasteiger partial charge in [0.05, 0.1) is 19.8 Å². The second-order valence-electron chi connectivity index (χ2n) is 6.62. The van der Waals surface area contributed by atoms with Crippen LogP contribution in [-0.4, -0.2) is 48.0 Å². The van der Waals surface area contributed by atoms with Crippen LogP contribution >= 0.6 is 11.6 Å². The number of hydrogen-bond acceptors (Lipinski definition) is 5. The molecule has 6 heteroatoms. The van der Waals surface area contributed by atoms with Crippen molar-refractivity contribution in [2.24, 2.45) is 0 Å². The summed E-state index contributed by atoms with van der Waals surface area (Å²) in [6.07, 6.45) is 1.13. The lowest BCUT2D eigenvalue weighted by molar-refractivity contribution is 0.0255. The van der Waals surface area contributed by atoms with E-state index in [-0.39, 0.29) is 6.10 Å². The molecule has 0 saturated carbocycles. The molecule has 0 amide bonds. The maximum absolute atomic E-state index is 12.0. The lowest BCUT2D eigenvalue weighted by Gasteiger charge is -2.23. The molecule has 0 bridgehead atoms. The van der Waals surface area contributed by atoms with Crippen LogP contribution in [0.2, 0.25) is 5.02 Å². The summed E-state index contributed by atoms with van der Waals surface area (Å²) in [5.74, 6) is 0.308. The van der Waals surface area contributed by atoms with Crippen LogP contribution in [0.25, 0.3) is 0 Å². The Kier molecular flexibility index (Phi) is 6.85. The molecule has 1 atom stereocenters. The van der Waals surface area contributed by atoms with E-state index in [1.807, 2.05) is 24.3 Å². The normalized spacial score (nSPS) is 16.1. The van der Waals surface area contributed by atoms with E-state index in [1.165, 1.54) is 0 Å². The van der Waals surface area contributed by atoms with Crippen LogP contribution in [0, 0.1) is 0 Å². The lowest BCUT2D eigenvalue weighted by Crippen LogP contribution is -2.25. The molecule has 1 aliphatic rings. The molecule has 0 radical (unpaired) electrons. The molecular formula is C21H23ClO5. The van der Waals surface area contributed by atoms with Crippen molar-refractivity contribution < 1.29 is 24.5 Å². The molecule has 2 N–H and O–H groups in total. The molecule has 1 saturated heterocycles. The number of rotatable bonds is 7. The summed E-state index contributed by atoms with van der Waals surface area (Å²) in [4.78, 5) is 12.0. The number of aliphatic hydroxyl groups is 2. The Balaban J connectivity index is 1.68. The molecule has 1 aliphatic heterocycles. The highest BCUT2D eigenvalue weighted by Crippen LogP contribution is 2.24. The fourth-order valence-electron chi connectivity index (χ4n) is 3.03. The Labute approximate surface area is 163 Å². The summed E-state index contributed by atoms with van der Waals surface area (Å²) in [7, 11) is 0. The standard InChI is InChI=1S/C21H23ClO5/c22-19-6-3-15(21(25)20(24)13-23)12-16(19)11-14-1-4-17(5-2-14)27-18-7-9-26-10-8-18/h1-6,12,18,20,23-24H,7-11,13H2/t20-/m1/s1. The first-order valence-corrected chi connectivity index (χ1v) is 9.39. The highest BCUT2D eigenvalue weighted by molar-refractivity contribution is 6.31. The quantitative estimate of drug-likeness (QED) is 0.711. The number of carbonyl (C=O) groups excluding carboxylic acids is 1. The van der Waals surface area contributed by atoms with E-state index in [4.69, 9.17) is 26.2 Å². The third-order valence-corrected chi connectivity index (χ3v) is 4.96. The van der Waals surface area contributed by atoms with Gasteiger partial charge in [0.2, 0.25) is 0 Å². The number of ether oxygens (including phenoxy) is 2. The van der Waals surface area contributed by atoms with E-state index < -0.39 is 18.5 Å². The predicted molar refractivity (Wildman–Crippen MR) is 103 cm³/mol. The van der Waals surface area contributed by atoms with Crippen molar-refractivity contribution >= 4 is 17.4 Å². The monoisotopic (exact) mass is 390 g/mol. The third-order valence-electron chi connectivity index (χ3n) is 4.59. The van der Waals surface area contributed by atoms with Crippen molar-refractivity contribution in [3.63, 3.8) is 0 Å². The molecule has 27 heavy (non-hydrogen) atoms. The molecule has 0 aromatic heterocycles. The van der Waals surface area contributed by atoms with Crippen LogP contribution in [0.3, 0.4) is 0 Å². The molecule has 3 rings (SSSR count). The fraction of sp³-hybridized carbons (Fsp3) is 0.381. The van der Waals surface area contributed by atoms with Crippen LogP contribution < -0.4 is 4.74 Å². The topological polar surface area (TPSA) is 76.0 Å². The Hall–Kier alpha value is -1.92. The molecule has 0 spiro atoms. The minimum absolute atomic E-state index is 0.194. The Morgan fingerprint density at radius 1 is 1.19 bits per heavy atom. The number of hydrogen-bond donors (Lipinski definition) is 2. The maximum atomic E-state index is 12.0. The van der Waals surface area contributed by atoms with E-state index in [2.05, 4.69) is 0 Å². The number of ketones is 1. The molecule has 5 nitrogen and oxygen atoms in total. The van der Waals surface area contributed by atoms with Gasteiger partial charge in [-0.1, -0.05) is 23.7 Å². The van der Waals surface area contributed by atoms with Gasteiger partial charge in [0, 0.05) is 23.4 Å². The molecule has 1 heterocycles. The van der Waals surface area contributed by atoms with E-state index >= 15 is 0 Å². The van der Waals surface area contributed by atoms with Crippen LogP contribution in [0.15, 0.2) is 42.5 Å². The second kappa shape index (κ2) is 9.33.